The predicted octanol–water partition coefficient (Wildman–Crippen LogP) is 2.85. The maximum atomic E-state index is 13.0. The lowest BCUT2D eigenvalue weighted by molar-refractivity contribution is -0.160. The Labute approximate surface area is 213 Å². The summed E-state index contributed by atoms with van der Waals surface area (Å²) in [6, 6.07) is 21.3. The number of carbonyl (C=O) groups excluding carboxylic acids is 3. The molecule has 0 heterocycles. The first kappa shape index (κ1) is 26.2. The second kappa shape index (κ2) is 11.0. The molecular formula is C27H24O9S. The zero-order valence-corrected chi connectivity index (χ0v) is 20.5. The van der Waals surface area contributed by atoms with Crippen LogP contribution in [-0.4, -0.2) is 55.7 Å². The summed E-state index contributed by atoms with van der Waals surface area (Å²) < 4.78 is 42.3. The number of hydrogen-bond acceptors (Lipinski definition) is 9. The SMILES string of the molecule is Cc1ccc(S(=O)(=O)O[C@@H]2[C@@H](OC(=O)c3ccccc3)[C@H](OC(=O)c3ccccc3)C(=O)C[C@@H]2O)cc1. The molecule has 0 amide bonds. The molecule has 37 heavy (non-hydrogen) atoms. The number of hydrogen-bond donors (Lipinski definition) is 1. The highest BCUT2D eigenvalue weighted by Gasteiger charge is 2.51. The lowest BCUT2D eigenvalue weighted by Crippen LogP contribution is -2.58. The molecular weight excluding hydrogens is 500 g/mol. The van der Waals surface area contributed by atoms with Crippen molar-refractivity contribution in [3.05, 3.63) is 102 Å². The third-order valence-electron chi connectivity index (χ3n) is 5.77. The molecule has 4 rings (SSSR count). The molecule has 192 valence electrons. The fourth-order valence-electron chi connectivity index (χ4n) is 3.82. The van der Waals surface area contributed by atoms with Gasteiger partial charge >= 0.3 is 11.9 Å². The first-order chi connectivity index (χ1) is 17.7. The molecule has 0 radical (unpaired) electrons. The number of aliphatic hydroxyl groups is 1. The van der Waals surface area contributed by atoms with Crippen molar-refractivity contribution in [2.45, 2.75) is 42.7 Å². The zero-order valence-electron chi connectivity index (χ0n) is 19.7. The molecule has 0 spiro atoms. The van der Waals surface area contributed by atoms with Crippen LogP contribution in [0.4, 0.5) is 0 Å². The minimum absolute atomic E-state index is 0.100. The third-order valence-corrected chi connectivity index (χ3v) is 7.10. The highest BCUT2D eigenvalue weighted by Crippen LogP contribution is 2.30. The standard InChI is InChI=1S/C27H24O9S/c1-17-12-14-20(15-13-17)37(32,33)36-24-22(29)16-21(28)23(34-26(30)18-8-4-2-5-9-18)25(24)35-27(31)19-10-6-3-7-11-19/h2-15,22-25,29H,16H2,1H3/t22-,23+,24-,25-/m0/s1. The van der Waals surface area contributed by atoms with Gasteiger partial charge < -0.3 is 14.6 Å². The van der Waals surface area contributed by atoms with E-state index in [1.165, 1.54) is 36.4 Å². The molecule has 4 atom stereocenters. The first-order valence-corrected chi connectivity index (χ1v) is 12.8. The summed E-state index contributed by atoms with van der Waals surface area (Å²) in [4.78, 5) is 38.3. The van der Waals surface area contributed by atoms with Crippen molar-refractivity contribution in [2.75, 3.05) is 0 Å². The molecule has 0 unspecified atom stereocenters. The molecule has 0 bridgehead atoms. The van der Waals surface area contributed by atoms with Crippen LogP contribution in [0.5, 0.6) is 0 Å². The van der Waals surface area contributed by atoms with Crippen LogP contribution in [0.3, 0.4) is 0 Å². The van der Waals surface area contributed by atoms with Crippen molar-refractivity contribution in [1.29, 1.82) is 0 Å². The molecule has 0 aliphatic heterocycles. The summed E-state index contributed by atoms with van der Waals surface area (Å²) in [6.45, 7) is 1.78. The Kier molecular flexibility index (Phi) is 7.82. The Morgan fingerprint density at radius 1 is 0.784 bits per heavy atom. The van der Waals surface area contributed by atoms with Crippen molar-refractivity contribution in [1.82, 2.24) is 0 Å². The molecule has 1 fully saturated rings. The van der Waals surface area contributed by atoms with Gasteiger partial charge in [0.25, 0.3) is 10.1 Å². The van der Waals surface area contributed by atoms with Gasteiger partial charge in [-0.1, -0.05) is 54.1 Å². The van der Waals surface area contributed by atoms with E-state index in [0.29, 0.717) is 0 Å². The third kappa shape index (κ3) is 6.11. The number of aliphatic hydroxyl groups excluding tert-OH is 1. The van der Waals surface area contributed by atoms with E-state index in [4.69, 9.17) is 13.7 Å². The second-order valence-electron chi connectivity index (χ2n) is 8.49. The van der Waals surface area contributed by atoms with Crippen LogP contribution in [0.2, 0.25) is 0 Å². The van der Waals surface area contributed by atoms with E-state index in [0.717, 1.165) is 5.56 Å². The molecule has 1 aliphatic carbocycles. The van der Waals surface area contributed by atoms with Crippen molar-refractivity contribution in [3.63, 3.8) is 0 Å². The second-order valence-corrected chi connectivity index (χ2v) is 10.1. The summed E-state index contributed by atoms with van der Waals surface area (Å²) in [7, 11) is -4.47. The summed E-state index contributed by atoms with van der Waals surface area (Å²) in [5.74, 6) is -2.57. The molecule has 3 aromatic carbocycles. The molecule has 3 aromatic rings. The molecule has 1 saturated carbocycles. The minimum Gasteiger partial charge on any atom is -0.451 e. The molecule has 0 saturated heterocycles. The van der Waals surface area contributed by atoms with Gasteiger partial charge in [0.1, 0.15) is 6.10 Å². The van der Waals surface area contributed by atoms with Crippen LogP contribution in [-0.2, 0) is 28.6 Å². The Morgan fingerprint density at radius 2 is 1.30 bits per heavy atom. The van der Waals surface area contributed by atoms with Crippen LogP contribution in [0.1, 0.15) is 32.7 Å². The van der Waals surface area contributed by atoms with Crippen molar-refractivity contribution in [3.8, 4) is 0 Å². The average Bonchev–Trinajstić information content (AvgIpc) is 2.89. The number of aryl methyl sites for hydroxylation is 1. The van der Waals surface area contributed by atoms with Crippen molar-refractivity contribution < 1.29 is 41.6 Å². The average molecular weight is 525 g/mol. The van der Waals surface area contributed by atoms with E-state index in [2.05, 4.69) is 0 Å². The van der Waals surface area contributed by atoms with E-state index in [1.54, 1.807) is 55.5 Å². The lowest BCUT2D eigenvalue weighted by Gasteiger charge is -2.37. The van der Waals surface area contributed by atoms with Crippen LogP contribution in [0, 0.1) is 6.92 Å². The van der Waals surface area contributed by atoms with Gasteiger partial charge in [-0.2, -0.15) is 8.42 Å². The summed E-state index contributed by atoms with van der Waals surface area (Å²) >= 11 is 0. The fourth-order valence-corrected chi connectivity index (χ4v) is 4.93. The Bertz CT molecular complexity index is 1370. The smallest absolute Gasteiger partial charge is 0.338 e. The monoisotopic (exact) mass is 524 g/mol. The fraction of sp³-hybridized carbons (Fsp3) is 0.222. The topological polar surface area (TPSA) is 133 Å². The number of carbonyl (C=O) groups is 3. The number of esters is 2. The lowest BCUT2D eigenvalue weighted by atomic mass is 9.88. The summed E-state index contributed by atoms with van der Waals surface area (Å²) in [5.41, 5.74) is 1.03. The van der Waals surface area contributed by atoms with Gasteiger partial charge in [-0.15, -0.1) is 0 Å². The van der Waals surface area contributed by atoms with E-state index >= 15 is 0 Å². The van der Waals surface area contributed by atoms with Gasteiger partial charge in [0, 0.05) is 6.42 Å². The van der Waals surface area contributed by atoms with Crippen LogP contribution >= 0.6 is 0 Å². The number of Topliss-reactive ketones (excluding diaryl/α,β-unsaturated/α-hetero) is 1. The van der Waals surface area contributed by atoms with E-state index in [9.17, 15) is 27.9 Å². The highest BCUT2D eigenvalue weighted by atomic mass is 32.2. The molecule has 1 aliphatic rings. The summed E-state index contributed by atoms with van der Waals surface area (Å²) in [5, 5.41) is 10.7. The molecule has 1 N–H and O–H groups in total. The quantitative estimate of drug-likeness (QED) is 0.366. The van der Waals surface area contributed by atoms with Gasteiger partial charge in [-0.25, -0.2) is 9.59 Å². The molecule has 9 nitrogen and oxygen atoms in total. The van der Waals surface area contributed by atoms with E-state index < -0.39 is 58.7 Å². The Morgan fingerprint density at radius 3 is 1.84 bits per heavy atom. The van der Waals surface area contributed by atoms with Crippen molar-refractivity contribution in [2.24, 2.45) is 0 Å². The van der Waals surface area contributed by atoms with Crippen molar-refractivity contribution >= 4 is 27.8 Å². The molecule has 10 heteroatoms. The van der Waals surface area contributed by atoms with Gasteiger partial charge in [-0.3, -0.25) is 8.98 Å². The Hall–Kier alpha value is -3.86. The van der Waals surface area contributed by atoms with Crippen LogP contribution in [0.25, 0.3) is 0 Å². The van der Waals surface area contributed by atoms with Crippen LogP contribution < -0.4 is 0 Å². The van der Waals surface area contributed by atoms with Gasteiger partial charge in [-0.05, 0) is 43.3 Å². The number of benzene rings is 3. The number of ether oxygens (including phenoxy) is 2. The highest BCUT2D eigenvalue weighted by molar-refractivity contribution is 7.86. The number of ketones is 1. The largest absolute Gasteiger partial charge is 0.451 e. The minimum atomic E-state index is -4.47. The maximum Gasteiger partial charge on any atom is 0.338 e. The van der Waals surface area contributed by atoms with Crippen LogP contribution in [0.15, 0.2) is 89.8 Å². The maximum absolute atomic E-state index is 13.0. The van der Waals surface area contributed by atoms with E-state index in [-0.39, 0.29) is 16.0 Å². The van der Waals surface area contributed by atoms with Gasteiger partial charge in [0.2, 0.25) is 0 Å². The summed E-state index contributed by atoms with van der Waals surface area (Å²) in [6.07, 6.45) is -7.45. The van der Waals surface area contributed by atoms with Gasteiger partial charge in [0.05, 0.1) is 22.1 Å². The number of rotatable bonds is 7. The van der Waals surface area contributed by atoms with Gasteiger partial charge in [0.15, 0.2) is 18.0 Å². The predicted molar refractivity (Wildman–Crippen MR) is 130 cm³/mol. The van der Waals surface area contributed by atoms with E-state index in [1.807, 2.05) is 0 Å². The Balaban J connectivity index is 1.68. The normalized spacial score (nSPS) is 21.7. The first-order valence-electron chi connectivity index (χ1n) is 11.4. The zero-order chi connectivity index (χ0) is 26.6. The molecule has 0 aromatic heterocycles.